The zero-order valence-electron chi connectivity index (χ0n) is 9.98. The summed E-state index contributed by atoms with van der Waals surface area (Å²) in [7, 11) is 0. The van der Waals surface area contributed by atoms with E-state index >= 15 is 0 Å². The van der Waals surface area contributed by atoms with Crippen LogP contribution in [-0.4, -0.2) is 5.04 Å². The van der Waals surface area contributed by atoms with Crippen molar-refractivity contribution in [3.8, 4) is 0 Å². The summed E-state index contributed by atoms with van der Waals surface area (Å²) in [6.45, 7) is 2.79. The molecule has 2 aromatic carbocycles. The van der Waals surface area contributed by atoms with Crippen LogP contribution < -0.4 is 0 Å². The molecule has 3 heteroatoms. The molecule has 1 nitrogen and oxygen atoms in total. The van der Waals surface area contributed by atoms with Gasteiger partial charge in [0.1, 0.15) is 10.9 Å². The van der Waals surface area contributed by atoms with E-state index in [1.807, 2.05) is 0 Å². The first-order valence-corrected chi connectivity index (χ1v) is 6.62. The highest BCUT2D eigenvalue weighted by Gasteiger charge is 2.14. The van der Waals surface area contributed by atoms with Gasteiger partial charge in [0.2, 0.25) is 0 Å². The van der Waals surface area contributed by atoms with Crippen LogP contribution in [0.25, 0.3) is 0 Å². The van der Waals surface area contributed by atoms with E-state index < -0.39 is 0 Å². The monoisotopic (exact) mass is 257 g/mol. The van der Waals surface area contributed by atoms with E-state index in [1.54, 1.807) is 23.9 Å². The van der Waals surface area contributed by atoms with Crippen molar-refractivity contribution < 1.29 is 4.39 Å². The van der Waals surface area contributed by atoms with Gasteiger partial charge in [-0.2, -0.15) is 0 Å². The van der Waals surface area contributed by atoms with Crippen LogP contribution in [-0.2, 0) is 6.54 Å². The van der Waals surface area contributed by atoms with Gasteiger partial charge in [0.05, 0.1) is 6.54 Å². The van der Waals surface area contributed by atoms with E-state index in [4.69, 9.17) is 0 Å². The maximum atomic E-state index is 12.9. The Morgan fingerprint density at radius 2 is 1.89 bits per heavy atom. The van der Waals surface area contributed by atoms with Crippen LogP contribution >= 0.6 is 11.8 Å². The number of nitrogens with zero attached hydrogens (tertiary/aromatic N) is 1. The van der Waals surface area contributed by atoms with Crippen molar-refractivity contribution >= 4 is 16.8 Å². The van der Waals surface area contributed by atoms with Gasteiger partial charge in [0.15, 0.2) is 0 Å². The molecule has 0 amide bonds. The second-order valence-corrected chi connectivity index (χ2v) is 5.37. The average Bonchev–Trinajstić information content (AvgIpc) is 2.39. The Labute approximate surface area is 110 Å². The lowest BCUT2D eigenvalue weighted by atomic mass is 10.1. The summed E-state index contributed by atoms with van der Waals surface area (Å²) in [6.07, 6.45) is 0. The molecule has 0 unspecified atom stereocenters. The Bertz CT molecular complexity index is 617. The maximum Gasteiger partial charge on any atom is 0.123 e. The summed E-state index contributed by atoms with van der Waals surface area (Å²) in [5.74, 6) is -0.212. The fourth-order valence-electron chi connectivity index (χ4n) is 1.97. The van der Waals surface area contributed by atoms with Crippen molar-refractivity contribution in [2.75, 3.05) is 0 Å². The summed E-state index contributed by atoms with van der Waals surface area (Å²) in [6, 6.07) is 12.9. The number of benzene rings is 2. The molecule has 0 fully saturated rings. The van der Waals surface area contributed by atoms with Crippen LogP contribution in [0.3, 0.4) is 0 Å². The van der Waals surface area contributed by atoms with E-state index in [-0.39, 0.29) is 5.82 Å². The van der Waals surface area contributed by atoms with E-state index in [9.17, 15) is 4.39 Å². The second-order valence-electron chi connectivity index (χ2n) is 4.34. The Morgan fingerprint density at radius 1 is 1.11 bits per heavy atom. The molecule has 0 saturated heterocycles. The molecule has 0 radical (unpaired) electrons. The third kappa shape index (κ3) is 2.18. The average molecular weight is 257 g/mol. The fraction of sp³-hybridized carbons (Fsp3) is 0.133. The van der Waals surface area contributed by atoms with Crippen molar-refractivity contribution in [2.45, 2.75) is 18.4 Å². The molecule has 0 spiro atoms. The number of hydrogen-bond donors (Lipinski definition) is 0. The first-order valence-electron chi connectivity index (χ1n) is 5.80. The predicted molar refractivity (Wildman–Crippen MR) is 73.7 cm³/mol. The lowest BCUT2D eigenvalue weighted by Gasteiger charge is -2.16. The van der Waals surface area contributed by atoms with Gasteiger partial charge >= 0.3 is 0 Å². The lowest BCUT2D eigenvalue weighted by Crippen LogP contribution is -2.03. The van der Waals surface area contributed by atoms with Crippen LogP contribution in [0.5, 0.6) is 0 Å². The third-order valence-corrected chi connectivity index (χ3v) is 4.08. The molecule has 2 aromatic rings. The van der Waals surface area contributed by atoms with Gasteiger partial charge < -0.3 is 0 Å². The molecule has 0 saturated carbocycles. The van der Waals surface area contributed by atoms with Crippen LogP contribution in [0.2, 0.25) is 0 Å². The largest absolute Gasteiger partial charge is 0.273 e. The van der Waals surface area contributed by atoms with Crippen molar-refractivity contribution in [3.63, 3.8) is 0 Å². The maximum absolute atomic E-state index is 12.9. The molecule has 90 valence electrons. The van der Waals surface area contributed by atoms with Crippen LogP contribution in [0, 0.1) is 12.7 Å². The molecular weight excluding hydrogens is 245 g/mol. The molecule has 1 heterocycles. The zero-order chi connectivity index (χ0) is 12.5. The van der Waals surface area contributed by atoms with Crippen molar-refractivity contribution in [3.05, 3.63) is 65.0 Å². The Morgan fingerprint density at radius 3 is 2.67 bits per heavy atom. The van der Waals surface area contributed by atoms with E-state index in [2.05, 4.69) is 30.1 Å². The minimum Gasteiger partial charge on any atom is -0.273 e. The number of thioether (sulfide) groups is 1. The number of hydrogen-bond acceptors (Lipinski definition) is 2. The Balaban J connectivity index is 1.92. The summed E-state index contributed by atoms with van der Waals surface area (Å²) in [5.41, 5.74) is 3.51. The minimum absolute atomic E-state index is 0.212. The summed E-state index contributed by atoms with van der Waals surface area (Å²) in [4.78, 5) is 5.81. The quantitative estimate of drug-likeness (QED) is 0.746. The number of aryl methyl sites for hydroxylation is 1. The molecule has 18 heavy (non-hydrogen) atoms. The highest BCUT2D eigenvalue weighted by molar-refractivity contribution is 8.14. The van der Waals surface area contributed by atoms with Crippen LogP contribution in [0.4, 0.5) is 4.39 Å². The molecule has 1 aliphatic rings. The van der Waals surface area contributed by atoms with E-state index in [1.165, 1.54) is 28.2 Å². The standard InChI is InChI=1S/C15H12FNS/c1-10-2-7-14-12(8-10)9-17-15(18-14)11-3-5-13(16)6-4-11/h2-8H,9H2,1H3. The third-order valence-electron chi connectivity index (χ3n) is 2.91. The summed E-state index contributed by atoms with van der Waals surface area (Å²) >= 11 is 1.65. The van der Waals surface area contributed by atoms with Gasteiger partial charge in [-0.15, -0.1) is 0 Å². The first-order chi connectivity index (χ1) is 8.72. The van der Waals surface area contributed by atoms with Gasteiger partial charge in [0, 0.05) is 10.5 Å². The molecule has 0 bridgehead atoms. The van der Waals surface area contributed by atoms with Crippen molar-refractivity contribution in [1.82, 2.24) is 0 Å². The van der Waals surface area contributed by atoms with E-state index in [0.29, 0.717) is 6.54 Å². The molecule has 0 aromatic heterocycles. The van der Waals surface area contributed by atoms with E-state index in [0.717, 1.165) is 10.6 Å². The van der Waals surface area contributed by atoms with Gasteiger partial charge in [-0.25, -0.2) is 4.39 Å². The molecule has 1 aliphatic heterocycles. The van der Waals surface area contributed by atoms with Gasteiger partial charge in [0.25, 0.3) is 0 Å². The van der Waals surface area contributed by atoms with Crippen molar-refractivity contribution in [2.24, 2.45) is 4.99 Å². The molecular formula is C15H12FNS. The molecule has 0 atom stereocenters. The summed E-state index contributed by atoms with van der Waals surface area (Å²) in [5, 5.41) is 0.964. The molecule has 0 aliphatic carbocycles. The highest BCUT2D eigenvalue weighted by Crippen LogP contribution is 2.32. The Kier molecular flexibility index (Phi) is 2.92. The molecule has 3 rings (SSSR count). The smallest absolute Gasteiger partial charge is 0.123 e. The number of aliphatic imine (C=N–C) groups is 1. The van der Waals surface area contributed by atoms with Crippen molar-refractivity contribution in [1.29, 1.82) is 0 Å². The summed E-state index contributed by atoms with van der Waals surface area (Å²) < 4.78 is 12.9. The van der Waals surface area contributed by atoms with Gasteiger partial charge in [-0.3, -0.25) is 4.99 Å². The highest BCUT2D eigenvalue weighted by atomic mass is 32.2. The van der Waals surface area contributed by atoms with Crippen LogP contribution in [0.1, 0.15) is 16.7 Å². The zero-order valence-corrected chi connectivity index (χ0v) is 10.8. The number of halogens is 1. The van der Waals surface area contributed by atoms with Gasteiger partial charge in [-0.1, -0.05) is 29.5 Å². The number of rotatable bonds is 1. The first kappa shape index (κ1) is 11.5. The lowest BCUT2D eigenvalue weighted by molar-refractivity contribution is 0.628. The predicted octanol–water partition coefficient (Wildman–Crippen LogP) is 4.19. The fourth-order valence-corrected chi connectivity index (χ4v) is 2.95. The molecule has 0 N–H and O–H groups in total. The minimum atomic E-state index is -0.212. The number of fused-ring (bicyclic) bond motifs is 1. The SMILES string of the molecule is Cc1ccc2c(c1)CN=C(c1ccc(F)cc1)S2. The second kappa shape index (κ2) is 4.58. The Hall–Kier alpha value is -1.61. The van der Waals surface area contributed by atoms with Crippen LogP contribution in [0.15, 0.2) is 52.4 Å². The topological polar surface area (TPSA) is 12.4 Å². The normalized spacial score (nSPS) is 14.0. The van der Waals surface area contributed by atoms with Gasteiger partial charge in [-0.05, 0) is 42.8 Å².